The van der Waals surface area contributed by atoms with Gasteiger partial charge in [0.1, 0.15) is 6.33 Å². The van der Waals surface area contributed by atoms with Crippen LogP contribution >= 0.6 is 0 Å². The second-order valence-corrected chi connectivity index (χ2v) is 4.49. The van der Waals surface area contributed by atoms with Gasteiger partial charge in [0, 0.05) is 18.4 Å². The van der Waals surface area contributed by atoms with Crippen molar-refractivity contribution in [2.45, 2.75) is 39.7 Å². The van der Waals surface area contributed by atoms with E-state index in [9.17, 15) is 4.79 Å². The lowest BCUT2D eigenvalue weighted by molar-refractivity contribution is 0.237. The average Bonchev–Trinajstić information content (AvgIpc) is 2.88. The third kappa shape index (κ3) is 4.87. The van der Waals surface area contributed by atoms with Crippen LogP contribution in [0.5, 0.6) is 0 Å². The highest BCUT2D eigenvalue weighted by Gasteiger charge is 2.08. The molecule has 0 saturated heterocycles. The number of aromatic nitrogens is 2. The van der Waals surface area contributed by atoms with E-state index in [-0.39, 0.29) is 12.1 Å². The van der Waals surface area contributed by atoms with Crippen LogP contribution in [0.2, 0.25) is 0 Å². The van der Waals surface area contributed by atoms with E-state index in [1.807, 2.05) is 6.92 Å². The van der Waals surface area contributed by atoms with Gasteiger partial charge in [-0.3, -0.25) is 4.57 Å². The molecule has 1 amide bonds. The van der Waals surface area contributed by atoms with Crippen LogP contribution in [0.4, 0.5) is 4.79 Å². The van der Waals surface area contributed by atoms with Crippen molar-refractivity contribution in [1.82, 2.24) is 19.8 Å². The Bertz CT molecular complexity index is 333. The summed E-state index contributed by atoms with van der Waals surface area (Å²) in [6.07, 6.45) is 6.87. The number of carbonyl (C=O) groups excluding carboxylic acids is 1. The number of imidazole rings is 1. The van der Waals surface area contributed by atoms with Crippen LogP contribution in [0, 0.1) is 0 Å². The lowest BCUT2D eigenvalue weighted by Gasteiger charge is -2.19. The monoisotopic (exact) mass is 252 g/mol. The highest BCUT2D eigenvalue weighted by atomic mass is 16.2. The topological polar surface area (TPSA) is 50.2 Å². The molecule has 102 valence electrons. The predicted molar refractivity (Wildman–Crippen MR) is 72.6 cm³/mol. The Morgan fingerprint density at radius 3 is 2.72 bits per heavy atom. The summed E-state index contributed by atoms with van der Waals surface area (Å²) in [6, 6.07) is 0.0818. The van der Waals surface area contributed by atoms with Gasteiger partial charge in [0.25, 0.3) is 0 Å². The number of hydrogen-bond acceptors (Lipinski definition) is 3. The number of carbonyl (C=O) groups is 1. The van der Waals surface area contributed by atoms with Crippen molar-refractivity contribution < 1.29 is 4.79 Å². The van der Waals surface area contributed by atoms with E-state index in [1.54, 1.807) is 12.4 Å². The Morgan fingerprint density at radius 1 is 1.44 bits per heavy atom. The molecule has 1 N–H and O–H groups in total. The first-order chi connectivity index (χ1) is 8.67. The van der Waals surface area contributed by atoms with Gasteiger partial charge in [0.2, 0.25) is 0 Å². The Balaban J connectivity index is 2.21. The zero-order valence-electron chi connectivity index (χ0n) is 11.6. The van der Waals surface area contributed by atoms with Gasteiger partial charge in [-0.1, -0.05) is 13.8 Å². The molecule has 0 aromatic carbocycles. The van der Waals surface area contributed by atoms with Gasteiger partial charge >= 0.3 is 6.03 Å². The lowest BCUT2D eigenvalue weighted by atomic mass is 10.2. The summed E-state index contributed by atoms with van der Waals surface area (Å²) in [5.74, 6) is 0. The number of amides is 1. The Hall–Kier alpha value is -1.36. The van der Waals surface area contributed by atoms with Gasteiger partial charge in [-0.25, -0.2) is 9.78 Å². The van der Waals surface area contributed by atoms with Crippen molar-refractivity contribution in [2.75, 3.05) is 19.6 Å². The lowest BCUT2D eigenvalue weighted by Crippen LogP contribution is -2.36. The quantitative estimate of drug-likeness (QED) is 0.807. The minimum Gasteiger partial charge on any atom is -0.335 e. The fourth-order valence-electron chi connectivity index (χ4n) is 1.90. The summed E-state index contributed by atoms with van der Waals surface area (Å²) in [7, 11) is 0. The molecule has 0 aliphatic rings. The average molecular weight is 252 g/mol. The molecule has 1 heterocycles. The first-order valence-corrected chi connectivity index (χ1v) is 6.68. The van der Waals surface area contributed by atoms with Crippen molar-refractivity contribution >= 4 is 6.03 Å². The predicted octanol–water partition coefficient (Wildman–Crippen LogP) is 1.95. The van der Waals surface area contributed by atoms with Gasteiger partial charge in [-0.2, -0.15) is 0 Å². The van der Waals surface area contributed by atoms with E-state index in [4.69, 9.17) is 0 Å². The zero-order chi connectivity index (χ0) is 13.4. The fraction of sp³-hybridized carbons (Fsp3) is 0.692. The molecule has 1 aromatic heterocycles. The first kappa shape index (κ1) is 14.7. The second-order valence-electron chi connectivity index (χ2n) is 4.49. The maximum Gasteiger partial charge on any atom is 0.327 e. The number of nitrogens with zero attached hydrogens (tertiary/aromatic N) is 3. The van der Waals surface area contributed by atoms with E-state index in [0.717, 1.165) is 32.5 Å². The largest absolute Gasteiger partial charge is 0.335 e. The number of rotatable bonds is 7. The van der Waals surface area contributed by atoms with Crippen molar-refractivity contribution in [1.29, 1.82) is 0 Å². The molecule has 1 rings (SSSR count). The maximum absolute atomic E-state index is 11.7. The fourth-order valence-corrected chi connectivity index (χ4v) is 1.90. The maximum atomic E-state index is 11.7. The van der Waals surface area contributed by atoms with Gasteiger partial charge in [-0.05, 0) is 39.4 Å². The summed E-state index contributed by atoms with van der Waals surface area (Å²) in [6.45, 7) is 9.66. The van der Waals surface area contributed by atoms with Crippen LogP contribution in [0.25, 0.3) is 0 Å². The van der Waals surface area contributed by atoms with Crippen molar-refractivity contribution in [3.63, 3.8) is 0 Å². The third-order valence-electron chi connectivity index (χ3n) is 3.11. The van der Waals surface area contributed by atoms with Crippen molar-refractivity contribution in [3.05, 3.63) is 18.7 Å². The highest BCUT2D eigenvalue weighted by Crippen LogP contribution is 2.00. The zero-order valence-corrected chi connectivity index (χ0v) is 11.6. The highest BCUT2D eigenvalue weighted by molar-refractivity contribution is 5.76. The summed E-state index contributed by atoms with van der Waals surface area (Å²) in [5, 5.41) is 2.96. The first-order valence-electron chi connectivity index (χ1n) is 6.68. The summed E-state index contributed by atoms with van der Waals surface area (Å²) in [4.78, 5) is 18.0. The molecule has 1 aromatic rings. The Labute approximate surface area is 109 Å². The van der Waals surface area contributed by atoms with Crippen molar-refractivity contribution in [3.8, 4) is 0 Å². The van der Waals surface area contributed by atoms with Crippen molar-refractivity contribution in [2.24, 2.45) is 0 Å². The van der Waals surface area contributed by atoms with E-state index < -0.39 is 0 Å². The van der Waals surface area contributed by atoms with Gasteiger partial charge in [-0.15, -0.1) is 0 Å². The van der Waals surface area contributed by atoms with Crippen LogP contribution in [-0.4, -0.2) is 46.2 Å². The van der Waals surface area contributed by atoms with Crippen LogP contribution in [0.3, 0.4) is 0 Å². The summed E-state index contributed by atoms with van der Waals surface area (Å²) in [5.41, 5.74) is 0. The minimum absolute atomic E-state index is 0.108. The molecule has 0 aliphatic heterocycles. The molecule has 0 fully saturated rings. The van der Waals surface area contributed by atoms with Gasteiger partial charge in [0.15, 0.2) is 0 Å². The summed E-state index contributed by atoms with van der Waals surface area (Å²) >= 11 is 0. The smallest absolute Gasteiger partial charge is 0.327 e. The van der Waals surface area contributed by atoms with Gasteiger partial charge < -0.3 is 10.2 Å². The molecule has 0 spiro atoms. The third-order valence-corrected chi connectivity index (χ3v) is 3.11. The number of nitrogens with one attached hydrogen (secondary N) is 1. The van der Waals surface area contributed by atoms with Crippen LogP contribution in [-0.2, 0) is 0 Å². The molecular formula is C13H24N4O. The molecular weight excluding hydrogens is 228 g/mol. The Morgan fingerprint density at radius 2 is 2.17 bits per heavy atom. The standard InChI is InChI=1S/C13H24N4O/c1-4-16(5-2)9-6-7-12(3)15-13(18)17-10-8-14-11-17/h8,10-12H,4-7,9H2,1-3H3,(H,15,18)/t12-/m0/s1. The van der Waals surface area contributed by atoms with E-state index >= 15 is 0 Å². The molecule has 0 radical (unpaired) electrons. The molecule has 0 saturated carbocycles. The van der Waals surface area contributed by atoms with Gasteiger partial charge in [0.05, 0.1) is 0 Å². The molecule has 5 nitrogen and oxygen atoms in total. The number of hydrogen-bond donors (Lipinski definition) is 1. The van der Waals surface area contributed by atoms with Crippen LogP contribution < -0.4 is 5.32 Å². The van der Waals surface area contributed by atoms with E-state index in [1.165, 1.54) is 10.9 Å². The second kappa shape index (κ2) is 7.87. The Kier molecular flexibility index (Phi) is 6.43. The molecule has 0 aliphatic carbocycles. The molecule has 0 unspecified atom stereocenters. The molecule has 5 heteroatoms. The molecule has 18 heavy (non-hydrogen) atoms. The van der Waals surface area contributed by atoms with E-state index in [2.05, 4.69) is 29.0 Å². The molecule has 1 atom stereocenters. The van der Waals surface area contributed by atoms with Crippen LogP contribution in [0.1, 0.15) is 33.6 Å². The van der Waals surface area contributed by atoms with E-state index in [0.29, 0.717) is 0 Å². The summed E-state index contributed by atoms with van der Waals surface area (Å²) < 4.78 is 1.46. The van der Waals surface area contributed by atoms with Crippen LogP contribution in [0.15, 0.2) is 18.7 Å². The SMILES string of the molecule is CCN(CC)CCC[C@H](C)NC(=O)n1ccnc1. The molecule has 0 bridgehead atoms. The normalized spacial score (nSPS) is 12.7. The minimum atomic E-state index is -0.108.